The van der Waals surface area contributed by atoms with Gasteiger partial charge >= 0.3 is 12.0 Å². The minimum atomic E-state index is -0.244. The van der Waals surface area contributed by atoms with E-state index in [-0.39, 0.29) is 18.4 Å². The van der Waals surface area contributed by atoms with E-state index < -0.39 is 0 Å². The zero-order valence-corrected chi connectivity index (χ0v) is 14.3. The summed E-state index contributed by atoms with van der Waals surface area (Å²) in [5, 5.41) is 2.92. The fourth-order valence-corrected chi connectivity index (χ4v) is 2.96. The van der Waals surface area contributed by atoms with Crippen LogP contribution in [0.3, 0.4) is 0 Å². The molecule has 0 unspecified atom stereocenters. The average molecular weight is 338 g/mol. The van der Waals surface area contributed by atoms with Gasteiger partial charge in [0.25, 0.3) is 0 Å². The summed E-state index contributed by atoms with van der Waals surface area (Å²) in [6.07, 6.45) is 1.12. The highest BCUT2D eigenvalue weighted by Crippen LogP contribution is 2.19. The molecule has 0 fully saturated rings. The summed E-state index contributed by atoms with van der Waals surface area (Å²) in [7, 11) is 0. The maximum atomic E-state index is 12.5. The summed E-state index contributed by atoms with van der Waals surface area (Å²) in [4.78, 5) is 25.8. The van der Waals surface area contributed by atoms with Crippen molar-refractivity contribution in [1.82, 2.24) is 4.90 Å². The van der Waals surface area contributed by atoms with Crippen molar-refractivity contribution in [3.05, 3.63) is 65.2 Å². The summed E-state index contributed by atoms with van der Waals surface area (Å²) in [6, 6.07) is 15.4. The number of hydrogen-bond donors (Lipinski definition) is 1. The van der Waals surface area contributed by atoms with Crippen LogP contribution in [0, 0.1) is 0 Å². The van der Waals surface area contributed by atoms with Crippen LogP contribution >= 0.6 is 0 Å². The van der Waals surface area contributed by atoms with Gasteiger partial charge in [0.2, 0.25) is 0 Å². The van der Waals surface area contributed by atoms with Gasteiger partial charge < -0.3 is 15.0 Å². The normalized spacial score (nSPS) is 13.1. The Kier molecular flexibility index (Phi) is 5.33. The van der Waals surface area contributed by atoms with E-state index in [0.717, 1.165) is 17.7 Å². The van der Waals surface area contributed by atoms with Crippen LogP contribution in [0.5, 0.6) is 0 Å². The zero-order valence-electron chi connectivity index (χ0n) is 14.3. The molecule has 3 rings (SSSR count). The first-order valence-electron chi connectivity index (χ1n) is 8.53. The molecule has 1 aliphatic heterocycles. The van der Waals surface area contributed by atoms with Gasteiger partial charge in [0.1, 0.15) is 0 Å². The van der Waals surface area contributed by atoms with Gasteiger partial charge in [-0.15, -0.1) is 0 Å². The molecule has 0 saturated heterocycles. The maximum absolute atomic E-state index is 12.5. The Bertz CT molecular complexity index is 756. The van der Waals surface area contributed by atoms with Crippen molar-refractivity contribution in [2.24, 2.45) is 0 Å². The minimum absolute atomic E-state index is 0.104. The first-order chi connectivity index (χ1) is 12.2. The summed E-state index contributed by atoms with van der Waals surface area (Å²) in [5.74, 6) is -0.244. The van der Waals surface area contributed by atoms with Gasteiger partial charge in [0.15, 0.2) is 0 Å². The predicted molar refractivity (Wildman–Crippen MR) is 96.4 cm³/mol. The number of rotatable bonds is 4. The van der Waals surface area contributed by atoms with Crippen LogP contribution in [0.15, 0.2) is 48.5 Å². The molecule has 0 bridgehead atoms. The van der Waals surface area contributed by atoms with E-state index in [2.05, 4.69) is 17.4 Å². The number of benzene rings is 2. The highest BCUT2D eigenvalue weighted by atomic mass is 16.5. The van der Waals surface area contributed by atoms with Crippen LogP contribution < -0.4 is 5.32 Å². The second-order valence-electron chi connectivity index (χ2n) is 6.05. The lowest BCUT2D eigenvalue weighted by atomic mass is 10.0. The first kappa shape index (κ1) is 17.0. The van der Waals surface area contributed by atoms with Gasteiger partial charge in [0, 0.05) is 18.8 Å². The number of anilines is 1. The third-order valence-corrected chi connectivity index (χ3v) is 4.28. The molecule has 0 aromatic heterocycles. The number of ether oxygens (including phenoxy) is 1. The quantitative estimate of drug-likeness (QED) is 0.870. The molecule has 1 aliphatic rings. The Morgan fingerprint density at radius 1 is 1.08 bits per heavy atom. The molecule has 2 aromatic carbocycles. The molecular weight excluding hydrogens is 316 g/mol. The molecule has 5 nitrogen and oxygen atoms in total. The third-order valence-electron chi connectivity index (χ3n) is 4.28. The van der Waals surface area contributed by atoms with Crippen molar-refractivity contribution in [3.63, 3.8) is 0 Å². The summed E-state index contributed by atoms with van der Waals surface area (Å²) in [6.45, 7) is 3.51. The molecule has 0 spiro atoms. The number of hydrogen-bond acceptors (Lipinski definition) is 3. The van der Waals surface area contributed by atoms with Gasteiger partial charge in [-0.3, -0.25) is 4.79 Å². The van der Waals surface area contributed by atoms with Gasteiger partial charge in [-0.05, 0) is 42.2 Å². The molecule has 1 N–H and O–H groups in total. The smallest absolute Gasteiger partial charge is 0.322 e. The molecule has 130 valence electrons. The van der Waals surface area contributed by atoms with Crippen LogP contribution in [-0.2, 0) is 28.9 Å². The van der Waals surface area contributed by atoms with Crippen LogP contribution in [0.25, 0.3) is 0 Å². The topological polar surface area (TPSA) is 58.6 Å². The highest BCUT2D eigenvalue weighted by Gasteiger charge is 2.20. The number of nitrogens with zero attached hydrogens (tertiary/aromatic N) is 1. The molecule has 0 saturated carbocycles. The third kappa shape index (κ3) is 4.38. The number of esters is 1. The Morgan fingerprint density at radius 3 is 2.52 bits per heavy atom. The van der Waals surface area contributed by atoms with Gasteiger partial charge in [-0.1, -0.05) is 36.4 Å². The lowest BCUT2D eigenvalue weighted by Crippen LogP contribution is -2.38. The Balaban J connectivity index is 1.57. The number of fused-ring (bicyclic) bond motifs is 1. The molecule has 5 heteroatoms. The second-order valence-corrected chi connectivity index (χ2v) is 6.05. The van der Waals surface area contributed by atoms with Crippen molar-refractivity contribution >= 4 is 17.7 Å². The minimum Gasteiger partial charge on any atom is -0.466 e. The van der Waals surface area contributed by atoms with E-state index in [1.54, 1.807) is 6.92 Å². The number of amides is 2. The van der Waals surface area contributed by atoms with Crippen LogP contribution in [0.4, 0.5) is 10.5 Å². The summed E-state index contributed by atoms with van der Waals surface area (Å²) in [5.41, 5.74) is 4.10. The number of nitrogens with one attached hydrogen (secondary N) is 1. The number of carbonyl (C=O) groups excluding carboxylic acids is 2. The lowest BCUT2D eigenvalue weighted by molar-refractivity contribution is -0.142. The van der Waals surface area contributed by atoms with Crippen molar-refractivity contribution in [1.29, 1.82) is 0 Å². The van der Waals surface area contributed by atoms with Gasteiger partial charge in [0.05, 0.1) is 13.0 Å². The zero-order chi connectivity index (χ0) is 17.6. The molecule has 2 aromatic rings. The van der Waals surface area contributed by atoms with E-state index >= 15 is 0 Å². The van der Waals surface area contributed by atoms with Crippen molar-refractivity contribution in [2.75, 3.05) is 18.5 Å². The average Bonchev–Trinajstić information content (AvgIpc) is 2.63. The fraction of sp³-hybridized carbons (Fsp3) is 0.300. The van der Waals surface area contributed by atoms with Crippen LogP contribution in [0.1, 0.15) is 23.6 Å². The molecule has 0 atom stereocenters. The van der Waals surface area contributed by atoms with Crippen LogP contribution in [0.2, 0.25) is 0 Å². The van der Waals surface area contributed by atoms with Crippen molar-refractivity contribution < 1.29 is 14.3 Å². The molecule has 2 amide bonds. The fourth-order valence-electron chi connectivity index (χ4n) is 2.96. The summed E-state index contributed by atoms with van der Waals surface area (Å²) < 4.78 is 4.93. The lowest BCUT2D eigenvalue weighted by Gasteiger charge is -2.29. The largest absolute Gasteiger partial charge is 0.466 e. The number of urea groups is 1. The van der Waals surface area contributed by atoms with Gasteiger partial charge in [-0.25, -0.2) is 4.79 Å². The predicted octanol–water partition coefficient (Wildman–Crippen LogP) is 3.38. The van der Waals surface area contributed by atoms with Crippen molar-refractivity contribution in [2.45, 2.75) is 26.3 Å². The van der Waals surface area contributed by atoms with E-state index in [1.807, 2.05) is 41.3 Å². The molecule has 25 heavy (non-hydrogen) atoms. The monoisotopic (exact) mass is 338 g/mol. The van der Waals surface area contributed by atoms with E-state index in [0.29, 0.717) is 19.7 Å². The molecule has 0 aliphatic carbocycles. The summed E-state index contributed by atoms with van der Waals surface area (Å²) >= 11 is 0. The molecule has 0 radical (unpaired) electrons. The molecular formula is C20H22N2O3. The highest BCUT2D eigenvalue weighted by molar-refractivity contribution is 5.89. The van der Waals surface area contributed by atoms with Gasteiger partial charge in [-0.2, -0.15) is 0 Å². The van der Waals surface area contributed by atoms with Crippen molar-refractivity contribution in [3.8, 4) is 0 Å². The Labute approximate surface area is 147 Å². The number of carbonyl (C=O) groups is 2. The first-order valence-corrected chi connectivity index (χ1v) is 8.53. The van der Waals surface area contributed by atoms with E-state index in [9.17, 15) is 9.59 Å². The molecule has 1 heterocycles. The Hall–Kier alpha value is -2.82. The van der Waals surface area contributed by atoms with E-state index in [4.69, 9.17) is 4.74 Å². The van der Waals surface area contributed by atoms with Crippen LogP contribution in [-0.4, -0.2) is 30.1 Å². The standard InChI is InChI=1S/C20H22N2O3/c1-2-25-19(23)13-15-7-9-18(10-8-15)21-20(24)22-12-11-16-5-3-4-6-17(16)14-22/h3-10H,2,11-14H2,1H3,(H,21,24). The maximum Gasteiger partial charge on any atom is 0.322 e. The second kappa shape index (κ2) is 7.83. The Morgan fingerprint density at radius 2 is 1.80 bits per heavy atom. The SMILES string of the molecule is CCOC(=O)Cc1ccc(NC(=O)N2CCc3ccccc3C2)cc1. The van der Waals surface area contributed by atoms with E-state index in [1.165, 1.54) is 11.1 Å².